The Morgan fingerprint density at radius 2 is 2.00 bits per heavy atom. The molecule has 19 heavy (non-hydrogen) atoms. The first-order chi connectivity index (χ1) is 8.73. The van der Waals surface area contributed by atoms with Crippen LogP contribution in [0.15, 0.2) is 0 Å². The van der Waals surface area contributed by atoms with Crippen LogP contribution >= 0.6 is 0 Å². The number of carbonyl (C=O) groups excluding carboxylic acids is 3. The maximum atomic E-state index is 11.5. The molecule has 1 aliphatic heterocycles. The van der Waals surface area contributed by atoms with Crippen LogP contribution in [0.25, 0.3) is 0 Å². The first-order valence-electron chi connectivity index (χ1n) is 5.52. The van der Waals surface area contributed by atoms with Crippen molar-refractivity contribution >= 4 is 23.8 Å². The van der Waals surface area contributed by atoms with E-state index in [0.717, 1.165) is 4.90 Å². The van der Waals surface area contributed by atoms with Crippen LogP contribution in [0.2, 0.25) is 0 Å². The second-order valence-corrected chi connectivity index (χ2v) is 4.22. The minimum Gasteiger partial charge on any atom is -0.480 e. The first-order valence-corrected chi connectivity index (χ1v) is 5.52. The highest BCUT2D eigenvalue weighted by atomic mass is 16.4. The number of carbonyl (C=O) groups is 4. The Kier molecular flexibility index (Phi) is 4.43. The number of nitrogens with zero attached hydrogens (tertiary/aromatic N) is 1. The van der Waals surface area contributed by atoms with Crippen molar-refractivity contribution in [2.24, 2.45) is 0 Å². The molecule has 0 bridgehead atoms. The molecule has 1 fully saturated rings. The largest absolute Gasteiger partial charge is 0.480 e. The average molecular weight is 273 g/mol. The number of nitrogens with one attached hydrogen (secondary N) is 2. The molecule has 3 atom stereocenters. The smallest absolute Gasteiger partial charge is 0.328 e. The molecule has 4 amide bonds. The van der Waals surface area contributed by atoms with Gasteiger partial charge in [0.1, 0.15) is 6.04 Å². The zero-order valence-electron chi connectivity index (χ0n) is 10.4. The second kappa shape index (κ2) is 5.65. The van der Waals surface area contributed by atoms with Crippen molar-refractivity contribution in [1.29, 1.82) is 0 Å². The Morgan fingerprint density at radius 1 is 1.42 bits per heavy atom. The number of likely N-dealkylation sites (N-methyl/N-ethyl adjacent to an activating group) is 1. The molecule has 0 spiro atoms. The van der Waals surface area contributed by atoms with Gasteiger partial charge in [0, 0.05) is 7.05 Å². The number of aliphatic hydroxyl groups excluding tert-OH is 1. The Bertz CT molecular complexity index is 421. The van der Waals surface area contributed by atoms with Crippen molar-refractivity contribution in [2.75, 3.05) is 7.05 Å². The third-order valence-corrected chi connectivity index (χ3v) is 2.72. The SMILES string of the molecule is C[C@@H](O)[C@H](NC(=O)NC1CC(=O)N(C)C1=O)C(=O)O. The number of carboxylic acid groups (broad SMARTS) is 1. The third-order valence-electron chi connectivity index (χ3n) is 2.72. The van der Waals surface area contributed by atoms with Crippen molar-refractivity contribution < 1.29 is 29.4 Å². The van der Waals surface area contributed by atoms with Crippen LogP contribution in [0.5, 0.6) is 0 Å². The minimum absolute atomic E-state index is 0.171. The molecule has 9 nitrogen and oxygen atoms in total. The molecule has 106 valence electrons. The number of carboxylic acids is 1. The summed E-state index contributed by atoms with van der Waals surface area (Å²) in [7, 11) is 1.29. The molecule has 0 aromatic heterocycles. The molecule has 0 saturated carbocycles. The summed E-state index contributed by atoms with van der Waals surface area (Å²) in [5, 5.41) is 22.1. The quantitative estimate of drug-likeness (QED) is 0.432. The van der Waals surface area contributed by atoms with Crippen LogP contribution in [0.1, 0.15) is 13.3 Å². The fourth-order valence-electron chi connectivity index (χ4n) is 1.60. The van der Waals surface area contributed by atoms with Gasteiger partial charge in [-0.15, -0.1) is 0 Å². The van der Waals surface area contributed by atoms with Gasteiger partial charge < -0.3 is 20.8 Å². The Morgan fingerprint density at radius 3 is 2.37 bits per heavy atom. The molecule has 1 saturated heterocycles. The van der Waals surface area contributed by atoms with Crippen LogP contribution in [-0.4, -0.2) is 64.2 Å². The number of aliphatic carboxylic acids is 1. The molecule has 0 aliphatic carbocycles. The van der Waals surface area contributed by atoms with Crippen molar-refractivity contribution in [3.05, 3.63) is 0 Å². The van der Waals surface area contributed by atoms with Crippen molar-refractivity contribution in [3.8, 4) is 0 Å². The van der Waals surface area contributed by atoms with Gasteiger partial charge in [-0.1, -0.05) is 0 Å². The van der Waals surface area contributed by atoms with Gasteiger partial charge in [-0.3, -0.25) is 14.5 Å². The van der Waals surface area contributed by atoms with Crippen LogP contribution in [0, 0.1) is 0 Å². The molecular formula is C10H15N3O6. The molecule has 0 radical (unpaired) electrons. The number of amides is 4. The maximum Gasteiger partial charge on any atom is 0.328 e. The van der Waals surface area contributed by atoms with Crippen LogP contribution in [0.3, 0.4) is 0 Å². The number of urea groups is 1. The summed E-state index contributed by atoms with van der Waals surface area (Å²) < 4.78 is 0. The molecule has 1 aliphatic rings. The molecule has 9 heteroatoms. The van der Waals surface area contributed by atoms with Crippen molar-refractivity contribution in [1.82, 2.24) is 15.5 Å². The van der Waals surface area contributed by atoms with Crippen molar-refractivity contribution in [2.45, 2.75) is 31.5 Å². The molecule has 1 heterocycles. The summed E-state index contributed by atoms with van der Waals surface area (Å²) in [5.74, 6) is -2.40. The highest BCUT2D eigenvalue weighted by molar-refractivity contribution is 6.06. The average Bonchev–Trinajstić information content (AvgIpc) is 2.53. The first kappa shape index (κ1) is 14.9. The van der Waals surface area contributed by atoms with E-state index >= 15 is 0 Å². The van der Waals surface area contributed by atoms with Gasteiger partial charge in [0.15, 0.2) is 6.04 Å². The number of rotatable bonds is 4. The topological polar surface area (TPSA) is 136 Å². The monoisotopic (exact) mass is 273 g/mol. The van der Waals surface area contributed by atoms with E-state index in [2.05, 4.69) is 5.32 Å². The Balaban J connectivity index is 2.59. The lowest BCUT2D eigenvalue weighted by atomic mass is 10.2. The summed E-state index contributed by atoms with van der Waals surface area (Å²) in [6.45, 7) is 1.21. The molecular weight excluding hydrogens is 258 g/mol. The predicted octanol–water partition coefficient (Wildman–Crippen LogP) is -2.12. The molecule has 1 rings (SSSR count). The zero-order valence-corrected chi connectivity index (χ0v) is 10.4. The van der Waals surface area contributed by atoms with Gasteiger partial charge in [0.2, 0.25) is 5.91 Å². The second-order valence-electron chi connectivity index (χ2n) is 4.22. The van der Waals surface area contributed by atoms with Crippen LogP contribution < -0.4 is 10.6 Å². The predicted molar refractivity (Wildman–Crippen MR) is 61.0 cm³/mol. The fourth-order valence-corrected chi connectivity index (χ4v) is 1.60. The lowest BCUT2D eigenvalue weighted by Gasteiger charge is -2.18. The highest BCUT2D eigenvalue weighted by Crippen LogP contribution is 2.10. The highest BCUT2D eigenvalue weighted by Gasteiger charge is 2.37. The third kappa shape index (κ3) is 3.41. The number of likely N-dealkylation sites (tertiary alicyclic amines) is 1. The fraction of sp³-hybridized carbons (Fsp3) is 0.600. The molecule has 0 aromatic carbocycles. The summed E-state index contributed by atoms with van der Waals surface area (Å²) in [6.07, 6.45) is -1.47. The lowest BCUT2D eigenvalue weighted by molar-refractivity contribution is -0.142. The van der Waals surface area contributed by atoms with Crippen LogP contribution in [0.4, 0.5) is 4.79 Å². The molecule has 4 N–H and O–H groups in total. The van der Waals surface area contributed by atoms with E-state index in [9.17, 15) is 24.3 Å². The van der Waals surface area contributed by atoms with Gasteiger partial charge >= 0.3 is 12.0 Å². The standard InChI is InChI=1S/C10H15N3O6/c1-4(14)7(9(17)18)12-10(19)11-5-3-6(15)13(2)8(5)16/h4-5,7,14H,3H2,1-2H3,(H,17,18)(H2,11,12,19)/t4-,5?,7+/m1/s1. The van der Waals surface area contributed by atoms with Gasteiger partial charge in [0.05, 0.1) is 12.5 Å². The van der Waals surface area contributed by atoms with E-state index in [4.69, 9.17) is 5.11 Å². The van der Waals surface area contributed by atoms with Gasteiger partial charge in [-0.05, 0) is 6.92 Å². The number of hydrogen-bond acceptors (Lipinski definition) is 5. The van der Waals surface area contributed by atoms with E-state index in [1.807, 2.05) is 5.32 Å². The normalized spacial score (nSPS) is 22.1. The summed E-state index contributed by atoms with van der Waals surface area (Å²) in [6, 6.07) is -3.44. The number of aliphatic hydroxyl groups is 1. The van der Waals surface area contributed by atoms with Gasteiger partial charge in [-0.2, -0.15) is 0 Å². The Hall–Kier alpha value is -2.16. The van der Waals surface area contributed by atoms with E-state index < -0.39 is 42.0 Å². The van der Waals surface area contributed by atoms with Crippen LogP contribution in [-0.2, 0) is 14.4 Å². The number of imide groups is 1. The summed E-state index contributed by atoms with van der Waals surface area (Å²) in [5.41, 5.74) is 0. The van der Waals surface area contributed by atoms with E-state index in [0.29, 0.717) is 0 Å². The maximum absolute atomic E-state index is 11.5. The zero-order chi connectivity index (χ0) is 14.7. The molecule has 1 unspecified atom stereocenters. The van der Waals surface area contributed by atoms with Gasteiger partial charge in [-0.25, -0.2) is 9.59 Å². The van der Waals surface area contributed by atoms with E-state index in [1.165, 1.54) is 14.0 Å². The number of hydrogen-bond donors (Lipinski definition) is 4. The van der Waals surface area contributed by atoms with Crippen molar-refractivity contribution in [3.63, 3.8) is 0 Å². The van der Waals surface area contributed by atoms with Gasteiger partial charge in [0.25, 0.3) is 5.91 Å². The summed E-state index contributed by atoms with van der Waals surface area (Å²) >= 11 is 0. The minimum atomic E-state index is -1.50. The molecule has 0 aromatic rings. The van der Waals surface area contributed by atoms with E-state index in [-0.39, 0.29) is 6.42 Å². The Labute approximate surface area is 108 Å². The lowest BCUT2D eigenvalue weighted by Crippen LogP contribution is -2.54. The summed E-state index contributed by atoms with van der Waals surface area (Å²) in [4.78, 5) is 45.8. The van der Waals surface area contributed by atoms with E-state index in [1.54, 1.807) is 0 Å².